The second kappa shape index (κ2) is 15.1. The van der Waals surface area contributed by atoms with Crippen LogP contribution in [0, 0.1) is 12.7 Å². The molecule has 43 heavy (non-hydrogen) atoms. The molecule has 3 aromatic rings. The van der Waals surface area contributed by atoms with Gasteiger partial charge in [-0.05, 0) is 55.0 Å². The Kier molecular flexibility index (Phi) is 11.3. The average molecular weight is 608 g/mol. The minimum Gasteiger partial charge on any atom is -0.352 e. The Balaban J connectivity index is 1.60. The van der Waals surface area contributed by atoms with Gasteiger partial charge in [-0.25, -0.2) is 12.8 Å². The van der Waals surface area contributed by atoms with E-state index in [9.17, 15) is 22.4 Å². The van der Waals surface area contributed by atoms with E-state index in [4.69, 9.17) is 0 Å². The topological polar surface area (TPSA) is 86.8 Å². The molecule has 0 aromatic heterocycles. The number of hydrogen-bond donors (Lipinski definition) is 1. The Hall–Kier alpha value is -3.72. The van der Waals surface area contributed by atoms with E-state index >= 15 is 0 Å². The Bertz CT molecular complexity index is 1480. The fourth-order valence-corrected chi connectivity index (χ4v) is 6.67. The zero-order chi connectivity index (χ0) is 30.8. The molecule has 4 rings (SSSR count). The van der Waals surface area contributed by atoms with Gasteiger partial charge in [-0.15, -0.1) is 0 Å². The molecular formula is C34H42FN3O4S. The zero-order valence-electron chi connectivity index (χ0n) is 25.0. The van der Waals surface area contributed by atoms with Crippen LogP contribution in [0.2, 0.25) is 0 Å². The number of nitrogens with zero attached hydrogens (tertiary/aromatic N) is 2. The summed E-state index contributed by atoms with van der Waals surface area (Å²) in [6.07, 6.45) is 6.67. The lowest BCUT2D eigenvalue weighted by molar-refractivity contribution is -0.141. The van der Waals surface area contributed by atoms with Crippen molar-refractivity contribution < 1.29 is 22.4 Å². The summed E-state index contributed by atoms with van der Waals surface area (Å²) in [5.74, 6) is -1.09. The highest BCUT2D eigenvalue weighted by atomic mass is 32.2. The molecular weight excluding hydrogens is 565 g/mol. The molecule has 1 N–H and O–H groups in total. The molecule has 7 nitrogen and oxygen atoms in total. The summed E-state index contributed by atoms with van der Waals surface area (Å²) < 4.78 is 40.7. The SMILES string of the molecule is Cc1ccccc1CN(C(=O)CCCN(c1ccccc1F)S(C)(=O)=O)[C@H](Cc1ccccc1)C(=O)NC1CCCCC1. The molecule has 0 aliphatic heterocycles. The molecule has 1 aliphatic carbocycles. The van der Waals surface area contributed by atoms with Crippen LogP contribution >= 0.6 is 0 Å². The summed E-state index contributed by atoms with van der Waals surface area (Å²) in [4.78, 5) is 29.6. The Morgan fingerprint density at radius 2 is 1.58 bits per heavy atom. The van der Waals surface area contributed by atoms with Crippen molar-refractivity contribution in [1.82, 2.24) is 10.2 Å². The van der Waals surface area contributed by atoms with Crippen LogP contribution in [0.5, 0.6) is 0 Å². The predicted molar refractivity (Wildman–Crippen MR) is 169 cm³/mol. The maximum Gasteiger partial charge on any atom is 0.243 e. The van der Waals surface area contributed by atoms with Crippen molar-refractivity contribution in [2.24, 2.45) is 0 Å². The first kappa shape index (κ1) is 32.2. The van der Waals surface area contributed by atoms with Gasteiger partial charge in [0, 0.05) is 32.0 Å². The van der Waals surface area contributed by atoms with Gasteiger partial charge in [-0.3, -0.25) is 13.9 Å². The first-order chi connectivity index (χ1) is 20.6. The van der Waals surface area contributed by atoms with E-state index in [1.165, 1.54) is 18.2 Å². The summed E-state index contributed by atoms with van der Waals surface area (Å²) in [6.45, 7) is 2.15. The van der Waals surface area contributed by atoms with E-state index in [1.54, 1.807) is 11.0 Å². The smallest absolute Gasteiger partial charge is 0.243 e. The first-order valence-electron chi connectivity index (χ1n) is 15.0. The maximum atomic E-state index is 14.5. The number of hydrogen-bond acceptors (Lipinski definition) is 4. The number of halogens is 1. The molecule has 1 fully saturated rings. The highest BCUT2D eigenvalue weighted by Gasteiger charge is 2.32. The number of para-hydroxylation sites is 1. The number of benzene rings is 3. The summed E-state index contributed by atoms with van der Waals surface area (Å²) >= 11 is 0. The summed E-state index contributed by atoms with van der Waals surface area (Å²) in [5.41, 5.74) is 2.83. The number of aryl methyl sites for hydroxylation is 1. The molecule has 3 aromatic carbocycles. The van der Waals surface area contributed by atoms with Crippen molar-refractivity contribution in [2.45, 2.75) is 76.9 Å². The van der Waals surface area contributed by atoms with E-state index in [0.29, 0.717) is 6.42 Å². The molecule has 0 bridgehead atoms. The molecule has 0 spiro atoms. The highest BCUT2D eigenvalue weighted by molar-refractivity contribution is 7.92. The molecule has 1 atom stereocenters. The first-order valence-corrected chi connectivity index (χ1v) is 16.9. The lowest BCUT2D eigenvalue weighted by Crippen LogP contribution is -2.53. The highest BCUT2D eigenvalue weighted by Crippen LogP contribution is 2.24. The monoisotopic (exact) mass is 607 g/mol. The molecule has 0 unspecified atom stereocenters. The number of amides is 2. The van der Waals surface area contributed by atoms with E-state index in [1.807, 2.05) is 61.5 Å². The van der Waals surface area contributed by atoms with Crippen LogP contribution in [0.1, 0.15) is 61.6 Å². The van der Waals surface area contributed by atoms with E-state index in [0.717, 1.165) is 59.4 Å². The largest absolute Gasteiger partial charge is 0.352 e. The van der Waals surface area contributed by atoms with E-state index in [2.05, 4.69) is 5.32 Å². The van der Waals surface area contributed by atoms with Crippen molar-refractivity contribution in [2.75, 3.05) is 17.1 Å². The molecule has 0 radical (unpaired) electrons. The standard InChI is InChI=1S/C34H42FN3O4S/c1-26-14-9-10-17-28(26)25-37(33(39)22-13-23-38(43(2,41)42)31-21-12-11-20-30(31)35)32(24-27-15-5-3-6-16-27)34(40)36-29-18-7-4-8-19-29/h3,5-6,9-12,14-17,20-21,29,32H,4,7-8,13,18-19,22-25H2,1-2H3,(H,36,40)/t32-/m1/s1. The van der Waals surface area contributed by atoms with Crippen molar-refractivity contribution in [1.29, 1.82) is 0 Å². The maximum absolute atomic E-state index is 14.5. The quantitative estimate of drug-likeness (QED) is 0.267. The molecule has 1 aliphatic rings. The van der Waals surface area contributed by atoms with Gasteiger partial charge in [0.1, 0.15) is 11.9 Å². The Morgan fingerprint density at radius 1 is 0.930 bits per heavy atom. The molecule has 2 amide bonds. The fourth-order valence-electron chi connectivity index (χ4n) is 5.71. The van der Waals surface area contributed by atoms with Gasteiger partial charge < -0.3 is 10.2 Å². The van der Waals surface area contributed by atoms with Crippen molar-refractivity contribution in [3.8, 4) is 0 Å². The number of nitrogens with one attached hydrogen (secondary N) is 1. The summed E-state index contributed by atoms with van der Waals surface area (Å²) in [6, 6.07) is 22.5. The summed E-state index contributed by atoms with van der Waals surface area (Å²) in [5, 5.41) is 3.23. The second-order valence-electron chi connectivity index (χ2n) is 11.4. The normalized spacial score (nSPS) is 14.6. The molecule has 1 saturated carbocycles. The fraction of sp³-hybridized carbons (Fsp3) is 0.412. The third kappa shape index (κ3) is 9.13. The van der Waals surface area contributed by atoms with Crippen LogP contribution in [0.3, 0.4) is 0 Å². The molecule has 230 valence electrons. The van der Waals surface area contributed by atoms with Crippen LogP contribution in [-0.2, 0) is 32.6 Å². The third-order valence-electron chi connectivity index (χ3n) is 8.10. The lowest BCUT2D eigenvalue weighted by Gasteiger charge is -2.34. The van der Waals surface area contributed by atoms with Gasteiger partial charge in [0.2, 0.25) is 21.8 Å². The van der Waals surface area contributed by atoms with Crippen molar-refractivity contribution in [3.05, 3.63) is 101 Å². The number of sulfonamides is 1. The minimum absolute atomic E-state index is 0.00560. The van der Waals surface area contributed by atoms with Gasteiger partial charge in [0.25, 0.3) is 0 Å². The number of rotatable bonds is 13. The van der Waals surface area contributed by atoms with Gasteiger partial charge in [-0.2, -0.15) is 0 Å². The van der Waals surface area contributed by atoms with Crippen molar-refractivity contribution >= 4 is 27.5 Å². The van der Waals surface area contributed by atoms with Crippen LogP contribution in [0.15, 0.2) is 78.9 Å². The molecule has 0 saturated heterocycles. The second-order valence-corrected chi connectivity index (χ2v) is 13.3. The minimum atomic E-state index is -3.80. The lowest BCUT2D eigenvalue weighted by atomic mass is 9.94. The molecule has 0 heterocycles. The Morgan fingerprint density at radius 3 is 2.26 bits per heavy atom. The predicted octanol–water partition coefficient (Wildman–Crippen LogP) is 5.77. The average Bonchev–Trinajstić information content (AvgIpc) is 2.99. The van der Waals surface area contributed by atoms with Gasteiger partial charge in [0.05, 0.1) is 11.9 Å². The van der Waals surface area contributed by atoms with E-state index in [-0.39, 0.29) is 49.5 Å². The van der Waals surface area contributed by atoms with Crippen LogP contribution < -0.4 is 9.62 Å². The van der Waals surface area contributed by atoms with Gasteiger partial charge >= 0.3 is 0 Å². The third-order valence-corrected chi connectivity index (χ3v) is 9.28. The van der Waals surface area contributed by atoms with Crippen LogP contribution in [-0.4, -0.2) is 50.0 Å². The number of carbonyl (C=O) groups is 2. The Labute approximate surface area is 255 Å². The van der Waals surface area contributed by atoms with E-state index < -0.39 is 21.9 Å². The van der Waals surface area contributed by atoms with Crippen molar-refractivity contribution in [3.63, 3.8) is 0 Å². The number of carbonyl (C=O) groups excluding carboxylic acids is 2. The van der Waals surface area contributed by atoms with Crippen LogP contribution in [0.25, 0.3) is 0 Å². The van der Waals surface area contributed by atoms with Gasteiger partial charge in [0.15, 0.2) is 0 Å². The van der Waals surface area contributed by atoms with Gasteiger partial charge in [-0.1, -0.05) is 86.0 Å². The van der Waals surface area contributed by atoms with Crippen LogP contribution in [0.4, 0.5) is 10.1 Å². The molecule has 9 heteroatoms. The number of anilines is 1. The summed E-state index contributed by atoms with van der Waals surface area (Å²) in [7, 11) is -3.80. The zero-order valence-corrected chi connectivity index (χ0v) is 25.9.